The van der Waals surface area contributed by atoms with E-state index >= 15 is 0 Å². The highest BCUT2D eigenvalue weighted by atomic mass is 16.4. The van der Waals surface area contributed by atoms with Crippen molar-refractivity contribution < 1.29 is 4.42 Å². The Labute approximate surface area is 104 Å². The van der Waals surface area contributed by atoms with Crippen LogP contribution in [0.1, 0.15) is 64.0 Å². The van der Waals surface area contributed by atoms with Crippen LogP contribution in [-0.4, -0.2) is 11.5 Å². The van der Waals surface area contributed by atoms with E-state index in [0.717, 1.165) is 31.2 Å². The van der Waals surface area contributed by atoms with Gasteiger partial charge in [0.2, 0.25) is 5.89 Å². The first-order chi connectivity index (χ1) is 8.13. The molecule has 2 rings (SSSR count). The van der Waals surface area contributed by atoms with Crippen LogP contribution in [0.25, 0.3) is 0 Å². The zero-order valence-electron chi connectivity index (χ0n) is 11.3. The van der Waals surface area contributed by atoms with Gasteiger partial charge in [-0.15, -0.1) is 0 Å². The van der Waals surface area contributed by atoms with Gasteiger partial charge >= 0.3 is 0 Å². The van der Waals surface area contributed by atoms with E-state index in [1.54, 1.807) is 0 Å². The van der Waals surface area contributed by atoms with E-state index in [9.17, 15) is 0 Å². The first kappa shape index (κ1) is 12.6. The van der Waals surface area contributed by atoms with Gasteiger partial charge in [0.15, 0.2) is 0 Å². The number of oxazole rings is 1. The maximum atomic E-state index is 5.88. The topological polar surface area (TPSA) is 38.1 Å². The monoisotopic (exact) mass is 236 g/mol. The molecule has 1 saturated carbocycles. The van der Waals surface area contributed by atoms with Crippen LogP contribution < -0.4 is 5.32 Å². The number of aromatic nitrogens is 1. The molecule has 1 aromatic rings. The molecule has 1 aliphatic carbocycles. The second kappa shape index (κ2) is 5.21. The zero-order valence-corrected chi connectivity index (χ0v) is 11.3. The van der Waals surface area contributed by atoms with Gasteiger partial charge in [-0.25, -0.2) is 4.98 Å². The summed E-state index contributed by atoms with van der Waals surface area (Å²) in [6, 6.07) is 0. The van der Waals surface area contributed by atoms with Gasteiger partial charge in [-0.3, -0.25) is 0 Å². The van der Waals surface area contributed by atoms with E-state index in [1.807, 2.05) is 6.20 Å². The molecular weight excluding hydrogens is 212 g/mol. The average Bonchev–Trinajstić information content (AvgIpc) is 2.85. The summed E-state index contributed by atoms with van der Waals surface area (Å²) < 4.78 is 5.88. The predicted molar refractivity (Wildman–Crippen MR) is 68.9 cm³/mol. The Balaban J connectivity index is 1.98. The van der Waals surface area contributed by atoms with Crippen molar-refractivity contribution in [2.45, 2.75) is 58.9 Å². The summed E-state index contributed by atoms with van der Waals surface area (Å²) in [7, 11) is 0. The van der Waals surface area contributed by atoms with Gasteiger partial charge in [0, 0.05) is 5.92 Å². The van der Waals surface area contributed by atoms with Gasteiger partial charge in [0.25, 0.3) is 0 Å². The highest BCUT2D eigenvalue weighted by Crippen LogP contribution is 2.48. The molecule has 0 radical (unpaired) electrons. The van der Waals surface area contributed by atoms with Gasteiger partial charge in [-0.2, -0.15) is 0 Å². The van der Waals surface area contributed by atoms with Crippen LogP contribution in [0.5, 0.6) is 0 Å². The van der Waals surface area contributed by atoms with Crippen molar-refractivity contribution >= 4 is 0 Å². The Morgan fingerprint density at radius 3 is 3.00 bits per heavy atom. The fourth-order valence-corrected chi connectivity index (χ4v) is 2.79. The first-order valence-electron chi connectivity index (χ1n) is 6.79. The molecule has 17 heavy (non-hydrogen) atoms. The third-order valence-electron chi connectivity index (χ3n) is 3.88. The van der Waals surface area contributed by atoms with Crippen LogP contribution in [0.2, 0.25) is 0 Å². The first-order valence-corrected chi connectivity index (χ1v) is 6.79. The van der Waals surface area contributed by atoms with Crippen LogP contribution in [0.3, 0.4) is 0 Å². The largest absolute Gasteiger partial charge is 0.444 e. The van der Waals surface area contributed by atoms with Crippen molar-refractivity contribution in [1.82, 2.24) is 10.3 Å². The maximum Gasteiger partial charge on any atom is 0.208 e. The maximum absolute atomic E-state index is 5.88. The number of nitrogens with zero attached hydrogens (tertiary/aromatic N) is 1. The molecule has 0 aliphatic heterocycles. The molecule has 0 saturated heterocycles. The van der Waals surface area contributed by atoms with E-state index in [4.69, 9.17) is 4.42 Å². The van der Waals surface area contributed by atoms with Crippen LogP contribution in [0.15, 0.2) is 10.6 Å². The molecule has 1 aliphatic rings. The summed E-state index contributed by atoms with van der Waals surface area (Å²) in [5, 5.41) is 3.32. The van der Waals surface area contributed by atoms with Crippen LogP contribution >= 0.6 is 0 Å². The molecule has 0 bridgehead atoms. The van der Waals surface area contributed by atoms with Gasteiger partial charge < -0.3 is 9.73 Å². The summed E-state index contributed by atoms with van der Waals surface area (Å²) in [6.07, 6.45) is 6.91. The Morgan fingerprint density at radius 1 is 1.53 bits per heavy atom. The summed E-state index contributed by atoms with van der Waals surface area (Å²) in [6.45, 7) is 8.60. The van der Waals surface area contributed by atoms with Crippen LogP contribution in [0.4, 0.5) is 0 Å². The van der Waals surface area contributed by atoms with E-state index < -0.39 is 0 Å². The second-order valence-corrected chi connectivity index (χ2v) is 5.77. The van der Waals surface area contributed by atoms with Crippen LogP contribution in [0, 0.1) is 5.41 Å². The lowest BCUT2D eigenvalue weighted by Gasteiger charge is -2.24. The highest BCUT2D eigenvalue weighted by molar-refractivity contribution is 5.09. The minimum absolute atomic E-state index is 0.369. The minimum atomic E-state index is 0.369. The Bertz CT molecular complexity index is 357. The van der Waals surface area contributed by atoms with Crippen molar-refractivity contribution in [2.24, 2.45) is 5.41 Å². The Hall–Kier alpha value is -0.830. The molecule has 0 amide bonds. The number of hydrogen-bond acceptors (Lipinski definition) is 3. The lowest BCUT2D eigenvalue weighted by molar-refractivity contribution is 0.286. The van der Waals surface area contributed by atoms with E-state index in [2.05, 4.69) is 31.1 Å². The molecule has 1 heterocycles. The van der Waals surface area contributed by atoms with E-state index in [-0.39, 0.29) is 0 Å². The SMILES string of the molecule is CCCNCc1ncc(C2CCCC2(C)C)o1. The molecule has 1 unspecified atom stereocenters. The van der Waals surface area contributed by atoms with Crippen LogP contribution in [-0.2, 0) is 6.54 Å². The minimum Gasteiger partial charge on any atom is -0.444 e. The van der Waals surface area contributed by atoms with E-state index in [1.165, 1.54) is 19.3 Å². The third kappa shape index (κ3) is 2.89. The van der Waals surface area contributed by atoms with Crippen molar-refractivity contribution in [3.63, 3.8) is 0 Å². The Kier molecular flexibility index (Phi) is 3.87. The molecule has 3 heteroatoms. The molecule has 1 N–H and O–H groups in total. The lowest BCUT2D eigenvalue weighted by atomic mass is 9.81. The van der Waals surface area contributed by atoms with E-state index in [0.29, 0.717) is 11.3 Å². The molecule has 1 fully saturated rings. The molecule has 1 aromatic heterocycles. The summed E-state index contributed by atoms with van der Waals surface area (Å²) in [5.74, 6) is 2.46. The lowest BCUT2D eigenvalue weighted by Crippen LogP contribution is -2.15. The van der Waals surface area contributed by atoms with Gasteiger partial charge in [-0.05, 0) is 31.2 Å². The number of nitrogens with one attached hydrogen (secondary N) is 1. The molecule has 1 atom stereocenters. The van der Waals surface area contributed by atoms with Gasteiger partial charge in [0.05, 0.1) is 12.7 Å². The quantitative estimate of drug-likeness (QED) is 0.795. The summed E-state index contributed by atoms with van der Waals surface area (Å²) in [4.78, 5) is 4.37. The Morgan fingerprint density at radius 2 is 2.35 bits per heavy atom. The molecular formula is C14H24N2O. The van der Waals surface area contributed by atoms with Crippen molar-refractivity contribution in [1.29, 1.82) is 0 Å². The summed E-state index contributed by atoms with van der Waals surface area (Å²) in [5.41, 5.74) is 0.369. The second-order valence-electron chi connectivity index (χ2n) is 5.77. The summed E-state index contributed by atoms with van der Waals surface area (Å²) >= 11 is 0. The third-order valence-corrected chi connectivity index (χ3v) is 3.88. The van der Waals surface area contributed by atoms with Gasteiger partial charge in [-0.1, -0.05) is 27.2 Å². The van der Waals surface area contributed by atoms with Crippen molar-refractivity contribution in [2.75, 3.05) is 6.54 Å². The van der Waals surface area contributed by atoms with Crippen molar-refractivity contribution in [3.8, 4) is 0 Å². The highest BCUT2D eigenvalue weighted by Gasteiger charge is 2.37. The fourth-order valence-electron chi connectivity index (χ4n) is 2.79. The van der Waals surface area contributed by atoms with Gasteiger partial charge in [0.1, 0.15) is 5.76 Å². The predicted octanol–water partition coefficient (Wildman–Crippen LogP) is 3.47. The smallest absolute Gasteiger partial charge is 0.208 e. The van der Waals surface area contributed by atoms with Crippen molar-refractivity contribution in [3.05, 3.63) is 17.8 Å². The fraction of sp³-hybridized carbons (Fsp3) is 0.786. The average molecular weight is 236 g/mol. The normalized spacial score (nSPS) is 23.1. The zero-order chi connectivity index (χ0) is 12.3. The number of hydrogen-bond donors (Lipinski definition) is 1. The standard InChI is InChI=1S/C14H24N2O/c1-4-8-15-10-13-16-9-12(17-13)11-6-5-7-14(11,2)3/h9,11,15H,4-8,10H2,1-3H3. The molecule has 3 nitrogen and oxygen atoms in total. The molecule has 0 spiro atoms. The number of rotatable bonds is 5. The molecule has 0 aromatic carbocycles. The molecule has 96 valence electrons.